The second kappa shape index (κ2) is 3.30. The maximum absolute atomic E-state index is 10.6. The highest BCUT2D eigenvalue weighted by Crippen LogP contribution is 2.20. The Bertz CT molecular complexity index is 243. The summed E-state index contributed by atoms with van der Waals surface area (Å²) in [6.45, 7) is 0. The van der Waals surface area contributed by atoms with Gasteiger partial charge in [0.1, 0.15) is 5.54 Å². The van der Waals surface area contributed by atoms with E-state index in [2.05, 4.69) is 4.99 Å². The van der Waals surface area contributed by atoms with Crippen LogP contribution in [0.25, 0.3) is 0 Å². The Labute approximate surface area is 69.6 Å². The van der Waals surface area contributed by atoms with Crippen molar-refractivity contribution in [2.24, 2.45) is 4.99 Å². The third kappa shape index (κ3) is 1.78. The monoisotopic (exact) mass is 167 g/mol. The molecule has 12 heavy (non-hydrogen) atoms. The van der Waals surface area contributed by atoms with Gasteiger partial charge in [-0.2, -0.15) is 0 Å². The molecule has 4 nitrogen and oxygen atoms in total. The lowest BCUT2D eigenvalue weighted by Crippen LogP contribution is -2.24. The number of aldehydes is 1. The summed E-state index contributed by atoms with van der Waals surface area (Å²) in [7, 11) is 0. The van der Waals surface area contributed by atoms with Gasteiger partial charge in [0.05, 0.1) is 0 Å². The van der Waals surface area contributed by atoms with Crippen molar-refractivity contribution in [3.63, 3.8) is 0 Å². The SMILES string of the molecule is O=CC1(CCC(=O)O)C=CC=N1. The van der Waals surface area contributed by atoms with Crippen molar-refractivity contribution in [2.75, 3.05) is 0 Å². The fourth-order valence-corrected chi connectivity index (χ4v) is 1.02. The standard InChI is InChI=1S/C8H9NO3/c10-6-8(3-1-5-9-8)4-2-7(11)12/h1,3,5-6H,2,4H2,(H,11,12). The van der Waals surface area contributed by atoms with E-state index in [1.807, 2.05) is 0 Å². The van der Waals surface area contributed by atoms with Crippen molar-refractivity contribution in [3.05, 3.63) is 12.2 Å². The van der Waals surface area contributed by atoms with E-state index in [9.17, 15) is 9.59 Å². The van der Waals surface area contributed by atoms with Gasteiger partial charge in [-0.05, 0) is 18.6 Å². The zero-order valence-corrected chi connectivity index (χ0v) is 6.43. The normalized spacial score (nSPS) is 26.0. The van der Waals surface area contributed by atoms with E-state index in [0.29, 0.717) is 6.29 Å². The van der Waals surface area contributed by atoms with Crippen LogP contribution in [0.1, 0.15) is 12.8 Å². The lowest BCUT2D eigenvalue weighted by Gasteiger charge is -2.14. The zero-order valence-electron chi connectivity index (χ0n) is 6.43. The Morgan fingerprint density at radius 3 is 2.83 bits per heavy atom. The molecule has 0 aliphatic carbocycles. The van der Waals surface area contributed by atoms with Crippen LogP contribution in [-0.2, 0) is 9.59 Å². The summed E-state index contributed by atoms with van der Waals surface area (Å²) in [5.74, 6) is -0.910. The van der Waals surface area contributed by atoms with Crippen LogP contribution in [0.4, 0.5) is 0 Å². The van der Waals surface area contributed by atoms with Crippen molar-refractivity contribution >= 4 is 18.5 Å². The van der Waals surface area contributed by atoms with E-state index in [0.717, 1.165) is 0 Å². The quantitative estimate of drug-likeness (QED) is 0.617. The lowest BCUT2D eigenvalue weighted by molar-refractivity contribution is -0.137. The second-order valence-electron chi connectivity index (χ2n) is 2.64. The molecule has 0 fully saturated rings. The minimum absolute atomic E-state index is 0.0413. The third-order valence-corrected chi connectivity index (χ3v) is 1.73. The molecule has 0 bridgehead atoms. The van der Waals surface area contributed by atoms with Crippen LogP contribution >= 0.6 is 0 Å². The molecule has 4 heteroatoms. The first kappa shape index (κ1) is 8.64. The molecule has 0 radical (unpaired) electrons. The Morgan fingerprint density at radius 1 is 1.67 bits per heavy atom. The van der Waals surface area contributed by atoms with E-state index in [4.69, 9.17) is 5.11 Å². The summed E-state index contributed by atoms with van der Waals surface area (Å²) in [6.07, 6.45) is 5.64. The molecule has 0 spiro atoms. The fourth-order valence-electron chi connectivity index (χ4n) is 1.02. The first-order chi connectivity index (χ1) is 5.68. The molecular formula is C8H9NO3. The molecule has 0 aromatic heterocycles. The Morgan fingerprint density at radius 2 is 2.42 bits per heavy atom. The highest BCUT2D eigenvalue weighted by molar-refractivity contribution is 5.84. The number of carboxylic acids is 1. The summed E-state index contributed by atoms with van der Waals surface area (Å²) >= 11 is 0. The largest absolute Gasteiger partial charge is 0.481 e. The summed E-state index contributed by atoms with van der Waals surface area (Å²) in [6, 6.07) is 0. The molecule has 1 atom stereocenters. The number of hydrogen-bond acceptors (Lipinski definition) is 3. The molecule has 0 saturated carbocycles. The number of aliphatic imine (C=N–C) groups is 1. The average Bonchev–Trinajstić information content (AvgIpc) is 2.50. The van der Waals surface area contributed by atoms with Gasteiger partial charge in [0.15, 0.2) is 6.29 Å². The van der Waals surface area contributed by atoms with Gasteiger partial charge in [0.2, 0.25) is 0 Å². The van der Waals surface area contributed by atoms with E-state index >= 15 is 0 Å². The van der Waals surface area contributed by atoms with E-state index in [-0.39, 0.29) is 12.8 Å². The predicted octanol–water partition coefficient (Wildman–Crippen LogP) is 0.429. The van der Waals surface area contributed by atoms with Crippen LogP contribution in [0.3, 0.4) is 0 Å². The van der Waals surface area contributed by atoms with Gasteiger partial charge in [-0.25, -0.2) is 0 Å². The number of nitrogens with zero attached hydrogens (tertiary/aromatic N) is 1. The average molecular weight is 167 g/mol. The molecule has 0 aromatic carbocycles. The van der Waals surface area contributed by atoms with Crippen LogP contribution in [0, 0.1) is 0 Å². The highest BCUT2D eigenvalue weighted by Gasteiger charge is 2.27. The zero-order chi connectivity index (χ0) is 9.03. The Kier molecular flexibility index (Phi) is 2.38. The maximum Gasteiger partial charge on any atom is 0.303 e. The van der Waals surface area contributed by atoms with Gasteiger partial charge >= 0.3 is 5.97 Å². The molecule has 1 rings (SSSR count). The summed E-state index contributed by atoms with van der Waals surface area (Å²) in [5, 5.41) is 8.39. The van der Waals surface area contributed by atoms with Crippen molar-refractivity contribution in [1.29, 1.82) is 0 Å². The fraction of sp³-hybridized carbons (Fsp3) is 0.375. The van der Waals surface area contributed by atoms with E-state index in [1.54, 1.807) is 12.2 Å². The number of carbonyl (C=O) groups excluding carboxylic acids is 1. The van der Waals surface area contributed by atoms with Crippen molar-refractivity contribution in [1.82, 2.24) is 0 Å². The maximum atomic E-state index is 10.6. The number of hydrogen-bond donors (Lipinski definition) is 1. The first-order valence-electron chi connectivity index (χ1n) is 3.60. The minimum atomic E-state index is -0.910. The molecule has 1 heterocycles. The number of carbonyl (C=O) groups is 2. The molecule has 0 saturated heterocycles. The number of aliphatic carboxylic acids is 1. The molecule has 0 aromatic rings. The van der Waals surface area contributed by atoms with Crippen LogP contribution in [-0.4, -0.2) is 29.1 Å². The van der Waals surface area contributed by atoms with E-state index in [1.165, 1.54) is 6.21 Å². The van der Waals surface area contributed by atoms with Crippen molar-refractivity contribution in [2.45, 2.75) is 18.4 Å². The second-order valence-corrected chi connectivity index (χ2v) is 2.64. The van der Waals surface area contributed by atoms with Crippen molar-refractivity contribution < 1.29 is 14.7 Å². The van der Waals surface area contributed by atoms with Crippen LogP contribution in [0.5, 0.6) is 0 Å². The molecule has 1 aliphatic heterocycles. The van der Waals surface area contributed by atoms with Crippen LogP contribution in [0.15, 0.2) is 17.1 Å². The number of rotatable bonds is 4. The van der Waals surface area contributed by atoms with Gasteiger partial charge in [0.25, 0.3) is 0 Å². The van der Waals surface area contributed by atoms with Crippen LogP contribution < -0.4 is 0 Å². The van der Waals surface area contributed by atoms with Gasteiger partial charge in [-0.1, -0.05) is 0 Å². The molecule has 0 amide bonds. The molecule has 1 N–H and O–H groups in total. The van der Waals surface area contributed by atoms with Gasteiger partial charge in [-0.3, -0.25) is 9.79 Å². The minimum Gasteiger partial charge on any atom is -0.481 e. The Balaban J connectivity index is 2.57. The summed E-state index contributed by atoms with van der Waals surface area (Å²) in [4.78, 5) is 24.7. The number of allylic oxidation sites excluding steroid dienone is 1. The van der Waals surface area contributed by atoms with Gasteiger partial charge < -0.3 is 9.90 Å². The molecule has 1 aliphatic rings. The van der Waals surface area contributed by atoms with Crippen LogP contribution in [0.2, 0.25) is 0 Å². The summed E-state index contributed by atoms with van der Waals surface area (Å²) < 4.78 is 0. The van der Waals surface area contributed by atoms with Gasteiger partial charge in [-0.15, -0.1) is 0 Å². The molecule has 1 unspecified atom stereocenters. The molecule has 64 valence electrons. The highest BCUT2D eigenvalue weighted by atomic mass is 16.4. The summed E-state index contributed by atoms with van der Waals surface area (Å²) in [5.41, 5.74) is -0.904. The van der Waals surface area contributed by atoms with E-state index < -0.39 is 11.5 Å². The smallest absolute Gasteiger partial charge is 0.303 e. The number of carboxylic acid groups (broad SMARTS) is 1. The lowest BCUT2D eigenvalue weighted by atomic mass is 9.97. The predicted molar refractivity (Wildman–Crippen MR) is 43.3 cm³/mol. The topological polar surface area (TPSA) is 66.7 Å². The Hall–Kier alpha value is -1.45. The molecular weight excluding hydrogens is 158 g/mol. The first-order valence-corrected chi connectivity index (χ1v) is 3.60. The van der Waals surface area contributed by atoms with Gasteiger partial charge in [0, 0.05) is 12.6 Å². The van der Waals surface area contributed by atoms with Crippen molar-refractivity contribution in [3.8, 4) is 0 Å². The third-order valence-electron chi connectivity index (χ3n) is 1.73.